The molecule has 11 heteroatoms. The summed E-state index contributed by atoms with van der Waals surface area (Å²) in [5.74, 6) is -0.103. The molecule has 1 unspecified atom stereocenters. The molecule has 1 aliphatic heterocycles. The molecular formula is C30H28BrClN6O3. The predicted molar refractivity (Wildman–Crippen MR) is 160 cm³/mol. The number of anilines is 1. The number of piperidine rings is 1. The molecule has 2 amide bonds. The zero-order chi connectivity index (χ0) is 30.1. The molecule has 4 heterocycles. The summed E-state index contributed by atoms with van der Waals surface area (Å²) in [5.41, 5.74) is 3.35. The fourth-order valence-corrected chi connectivity index (χ4v) is 6.27. The van der Waals surface area contributed by atoms with Crippen LogP contribution in [0.15, 0.2) is 47.5 Å². The van der Waals surface area contributed by atoms with Crippen molar-refractivity contribution >= 4 is 61.8 Å². The van der Waals surface area contributed by atoms with Gasteiger partial charge >= 0.3 is 0 Å². The molecule has 3 aromatic heterocycles. The Morgan fingerprint density at radius 2 is 1.93 bits per heavy atom. The van der Waals surface area contributed by atoms with Crippen LogP contribution >= 0.6 is 27.5 Å². The van der Waals surface area contributed by atoms with Gasteiger partial charge in [0.15, 0.2) is 11.6 Å². The number of ketones is 1. The number of carbonyl (C=O) groups is 3. The molecule has 1 saturated heterocycles. The van der Waals surface area contributed by atoms with Gasteiger partial charge in [0.25, 0.3) is 0 Å². The average Bonchev–Trinajstić information content (AvgIpc) is 3.39. The van der Waals surface area contributed by atoms with E-state index in [4.69, 9.17) is 13.0 Å². The van der Waals surface area contributed by atoms with Gasteiger partial charge in [0.1, 0.15) is 23.0 Å². The fraction of sp³-hybridized carbons (Fsp3) is 0.333. The Balaban J connectivity index is 1.34. The van der Waals surface area contributed by atoms with Gasteiger partial charge in [0.05, 0.1) is 10.5 Å². The minimum absolute atomic E-state index is 0.0867. The van der Waals surface area contributed by atoms with E-state index in [1.54, 1.807) is 40.2 Å². The van der Waals surface area contributed by atoms with Crippen LogP contribution in [0.2, 0.25) is 5.02 Å². The van der Waals surface area contributed by atoms with Crippen LogP contribution in [0.3, 0.4) is 0 Å². The number of rotatable bonds is 6. The summed E-state index contributed by atoms with van der Waals surface area (Å²) in [7, 11) is 0. The maximum absolute atomic E-state index is 14.0. The third-order valence-corrected chi connectivity index (χ3v) is 8.73. The Hall–Kier alpha value is -3.63. The summed E-state index contributed by atoms with van der Waals surface area (Å²) in [6.45, 7) is 7.10. The first-order chi connectivity index (χ1) is 19.9. The number of likely N-dealkylation sites (tertiary alicyclic amines) is 1. The van der Waals surface area contributed by atoms with Crippen LogP contribution in [0.5, 0.6) is 0 Å². The maximum Gasteiger partial charge on any atom is 0.248 e. The van der Waals surface area contributed by atoms with E-state index >= 15 is 0 Å². The molecular weight excluding hydrogens is 608 g/mol. The van der Waals surface area contributed by atoms with Crippen LogP contribution in [-0.2, 0) is 16.1 Å². The van der Waals surface area contributed by atoms with Crippen LogP contribution in [0.4, 0.5) is 5.82 Å². The second-order valence-corrected chi connectivity index (χ2v) is 12.2. The number of fused-ring (bicyclic) bond motifs is 2. The highest BCUT2D eigenvalue weighted by molar-refractivity contribution is 9.10. The van der Waals surface area contributed by atoms with E-state index in [2.05, 4.69) is 36.2 Å². The lowest BCUT2D eigenvalue weighted by Gasteiger charge is -2.27. The van der Waals surface area contributed by atoms with E-state index in [9.17, 15) is 14.4 Å². The van der Waals surface area contributed by atoms with Crippen molar-refractivity contribution in [3.63, 3.8) is 0 Å². The maximum atomic E-state index is 14.0. The Morgan fingerprint density at radius 1 is 1.20 bits per heavy atom. The largest absolute Gasteiger partial charge is 0.337 e. The normalized spacial score (nSPS) is 23.3. The molecule has 210 valence electrons. The van der Waals surface area contributed by atoms with Gasteiger partial charge in [-0.25, -0.2) is 15.0 Å². The molecule has 9 nitrogen and oxygen atoms in total. The summed E-state index contributed by atoms with van der Waals surface area (Å²) >= 11 is 9.53. The van der Waals surface area contributed by atoms with Crippen LogP contribution in [-0.4, -0.2) is 54.1 Å². The Kier molecular flexibility index (Phi) is 6.43. The van der Waals surface area contributed by atoms with Gasteiger partial charge in [-0.15, -0.1) is 0 Å². The quantitative estimate of drug-likeness (QED) is 0.213. The number of Topliss-reactive ketones (excluding diaryl/α,β-unsaturated/α-hetero) is 1. The second-order valence-electron chi connectivity index (χ2n) is 11.0. The van der Waals surface area contributed by atoms with Crippen molar-refractivity contribution in [2.45, 2.75) is 59.1 Å². The molecule has 4 aromatic rings. The first-order valence-electron chi connectivity index (χ1n) is 13.8. The molecule has 1 aliphatic carbocycles. The van der Waals surface area contributed by atoms with Gasteiger partial charge < -0.3 is 14.8 Å². The standard InChI is InChI=1S/C30H28BrClN6O3/c1-15-7-18(19-11-33-17(3)34-12-19)8-20-21(16(2)39)13-37(27(15)20)14-26(40)38-23(9-30(4)10-24(30)38)29(41)36-28-22(32)5-6-25(31)35-28/h5-8,11-13,23-24H,9-10,14H2,1-4H3,(H,35,36,41)/t23-,24+,30-/m0/s1/i9D/t9?,23-,24+,30-. The predicted octanol–water partition coefficient (Wildman–Crippen LogP) is 5.75. The highest BCUT2D eigenvalue weighted by Gasteiger charge is 2.64. The Bertz CT molecular complexity index is 1790. The lowest BCUT2D eigenvalue weighted by atomic mass is 10.0. The van der Waals surface area contributed by atoms with Gasteiger partial charge in [0.2, 0.25) is 11.8 Å². The molecule has 4 atom stereocenters. The van der Waals surface area contributed by atoms with Crippen molar-refractivity contribution in [2.24, 2.45) is 5.41 Å². The first-order valence-corrected chi connectivity index (χ1v) is 14.4. The summed E-state index contributed by atoms with van der Waals surface area (Å²) in [6.07, 6.45) is 5.03. The number of amides is 2. The van der Waals surface area contributed by atoms with Crippen LogP contribution in [0.1, 0.15) is 49.8 Å². The lowest BCUT2D eigenvalue weighted by molar-refractivity contribution is -0.138. The topological polar surface area (TPSA) is 110 Å². The number of carbonyl (C=O) groups excluding carboxylic acids is 3. The fourth-order valence-electron chi connectivity index (χ4n) is 5.81. The smallest absolute Gasteiger partial charge is 0.248 e. The average molecular weight is 637 g/mol. The molecule has 2 fully saturated rings. The van der Waals surface area contributed by atoms with E-state index in [0.29, 0.717) is 22.4 Å². The molecule has 1 saturated carbocycles. The summed E-state index contributed by atoms with van der Waals surface area (Å²) in [6, 6.07) is 5.93. The van der Waals surface area contributed by atoms with Gasteiger partial charge in [-0.2, -0.15) is 0 Å². The van der Waals surface area contributed by atoms with Gasteiger partial charge in [-0.05, 0) is 90.3 Å². The van der Waals surface area contributed by atoms with E-state index in [1.165, 1.54) is 6.92 Å². The summed E-state index contributed by atoms with van der Waals surface area (Å²) < 4.78 is 11.2. The van der Waals surface area contributed by atoms with Crippen molar-refractivity contribution in [1.82, 2.24) is 24.4 Å². The first kappa shape index (κ1) is 26.3. The Morgan fingerprint density at radius 3 is 2.63 bits per heavy atom. The number of hydrogen-bond acceptors (Lipinski definition) is 6. The van der Waals surface area contributed by atoms with E-state index < -0.39 is 23.8 Å². The Labute approximate surface area is 251 Å². The number of nitrogens with one attached hydrogen (secondary N) is 1. The van der Waals surface area contributed by atoms with Gasteiger partial charge in [0, 0.05) is 42.5 Å². The zero-order valence-electron chi connectivity index (χ0n) is 23.9. The minimum Gasteiger partial charge on any atom is -0.337 e. The van der Waals surface area contributed by atoms with Gasteiger partial charge in [-0.1, -0.05) is 18.5 Å². The van der Waals surface area contributed by atoms with E-state index in [-0.39, 0.29) is 35.1 Å². The van der Waals surface area contributed by atoms with Crippen LogP contribution in [0.25, 0.3) is 22.0 Å². The number of pyridine rings is 1. The highest BCUT2D eigenvalue weighted by atomic mass is 79.9. The summed E-state index contributed by atoms with van der Waals surface area (Å²) in [4.78, 5) is 54.6. The number of halogens is 2. The number of aryl methyl sites for hydroxylation is 2. The highest BCUT2D eigenvalue weighted by Crippen LogP contribution is 2.59. The number of benzene rings is 1. The molecule has 0 spiro atoms. The molecule has 2 aliphatic rings. The summed E-state index contributed by atoms with van der Waals surface area (Å²) in [5, 5.41) is 3.71. The molecule has 0 bridgehead atoms. The van der Waals surface area contributed by atoms with Crippen LogP contribution in [0, 0.1) is 19.3 Å². The third kappa shape index (κ3) is 4.93. The monoisotopic (exact) mass is 635 g/mol. The number of aromatic nitrogens is 4. The van der Waals surface area contributed by atoms with E-state index in [1.807, 2.05) is 32.9 Å². The third-order valence-electron chi connectivity index (χ3n) is 7.98. The SMILES string of the molecule is [2H]C1[C@@H](C(=O)Nc2nc(Br)ccc2Cl)N(C(=O)Cn2cc(C(C)=O)c3cc(-c4cnc(C)nc4)cc(C)c32)[C@@H]2C[C@]12C. The molecule has 0 radical (unpaired) electrons. The van der Waals surface area contributed by atoms with E-state index in [0.717, 1.165) is 27.6 Å². The van der Waals surface area contributed by atoms with Gasteiger partial charge in [-0.3, -0.25) is 14.4 Å². The number of nitrogens with zero attached hydrogens (tertiary/aromatic N) is 5. The minimum atomic E-state index is -1.01. The zero-order valence-corrected chi connectivity index (χ0v) is 25.2. The van der Waals surface area contributed by atoms with Crippen molar-refractivity contribution in [3.05, 3.63) is 69.4 Å². The molecule has 6 rings (SSSR count). The van der Waals surface area contributed by atoms with Crippen LogP contribution < -0.4 is 5.32 Å². The number of hydrogen-bond donors (Lipinski definition) is 1. The molecule has 1 aromatic carbocycles. The van der Waals surface area contributed by atoms with Crippen molar-refractivity contribution < 1.29 is 15.8 Å². The molecule has 41 heavy (non-hydrogen) atoms. The lowest BCUT2D eigenvalue weighted by Crippen LogP contribution is -2.46. The molecule has 1 N–H and O–H groups in total. The van der Waals surface area contributed by atoms with Crippen molar-refractivity contribution in [3.8, 4) is 11.1 Å². The second kappa shape index (κ2) is 10.0. The van der Waals surface area contributed by atoms with Crippen molar-refractivity contribution in [2.75, 3.05) is 5.32 Å². The van der Waals surface area contributed by atoms with Crippen molar-refractivity contribution in [1.29, 1.82) is 0 Å².